The molecule has 0 rings (SSSR count). The van der Waals surface area contributed by atoms with Crippen LogP contribution in [-0.2, 0) is 16.8 Å². The monoisotopic (exact) mass is 272 g/mol. The second-order valence-corrected chi connectivity index (χ2v) is 4.08. The van der Waals surface area contributed by atoms with Crippen molar-refractivity contribution in [3.8, 4) is 0 Å². The first-order chi connectivity index (χ1) is 6.01. The minimum atomic E-state index is -4.60. The average molecular weight is 272 g/mol. The predicted molar refractivity (Wildman–Crippen MR) is 49.0 cm³/mol. The molecule has 0 aliphatic carbocycles. The second-order valence-electron chi connectivity index (χ2n) is 4.08. The summed E-state index contributed by atoms with van der Waals surface area (Å²) < 4.78 is 37.3. The van der Waals surface area contributed by atoms with Gasteiger partial charge in [0.05, 0.1) is 0 Å². The fourth-order valence-corrected chi connectivity index (χ4v) is 1.08. The van der Waals surface area contributed by atoms with Gasteiger partial charge in [0, 0.05) is 28.9 Å². The van der Waals surface area contributed by atoms with Gasteiger partial charge in [-0.05, 0) is 34.7 Å². The van der Waals surface area contributed by atoms with Crippen molar-refractivity contribution in [2.45, 2.75) is 51.6 Å². The fourth-order valence-electron chi connectivity index (χ4n) is 1.08. The summed E-state index contributed by atoms with van der Waals surface area (Å²) in [6.07, 6.45) is -4.60. The van der Waals surface area contributed by atoms with E-state index < -0.39 is 17.8 Å². The van der Waals surface area contributed by atoms with Crippen molar-refractivity contribution < 1.29 is 35.1 Å². The number of rotatable bonds is 3. The average Bonchev–Trinajstić information content (AvgIpc) is 1.99. The van der Waals surface area contributed by atoms with E-state index in [0.717, 1.165) is 6.92 Å². The van der Waals surface area contributed by atoms with E-state index in [1.54, 1.807) is 20.9 Å². The minimum Gasteiger partial charge on any atom is -0.379 e. The summed E-state index contributed by atoms with van der Waals surface area (Å²) in [7, 11) is 1.57. The number of alkyl halides is 3. The molecule has 0 bridgehead atoms. The minimum absolute atomic E-state index is 0. The SMILES string of the molecule is CC(C)N(C)C(C)C(C)(O)C(F)(F)F.[Co]. The summed E-state index contributed by atoms with van der Waals surface area (Å²) in [4.78, 5) is 1.49. The molecule has 0 aliphatic rings. The molecule has 1 radical (unpaired) electrons. The zero-order valence-corrected chi connectivity index (χ0v) is 10.6. The number of likely N-dealkylation sites (N-methyl/N-ethyl adjacent to an activating group) is 1. The molecule has 0 amide bonds. The number of nitrogens with zero attached hydrogens (tertiary/aromatic N) is 1. The molecule has 6 heteroatoms. The molecular formula is C9H18CoF3NO. The third-order valence-electron chi connectivity index (χ3n) is 2.81. The molecular weight excluding hydrogens is 254 g/mol. The van der Waals surface area contributed by atoms with Crippen molar-refractivity contribution in [3.63, 3.8) is 0 Å². The molecule has 0 aromatic heterocycles. The molecule has 1 N–H and O–H groups in total. The van der Waals surface area contributed by atoms with Crippen LogP contribution in [0.25, 0.3) is 0 Å². The Morgan fingerprint density at radius 2 is 1.47 bits per heavy atom. The molecule has 0 spiro atoms. The van der Waals surface area contributed by atoms with E-state index in [1.807, 2.05) is 0 Å². The van der Waals surface area contributed by atoms with Gasteiger partial charge in [-0.15, -0.1) is 0 Å². The van der Waals surface area contributed by atoms with E-state index in [2.05, 4.69) is 0 Å². The molecule has 2 unspecified atom stereocenters. The molecule has 0 aliphatic heterocycles. The van der Waals surface area contributed by atoms with E-state index in [1.165, 1.54) is 11.8 Å². The first-order valence-electron chi connectivity index (χ1n) is 4.52. The molecule has 0 aromatic carbocycles. The normalized spacial score (nSPS) is 18.6. The van der Waals surface area contributed by atoms with Crippen molar-refractivity contribution in [2.75, 3.05) is 7.05 Å². The van der Waals surface area contributed by atoms with Gasteiger partial charge in [0.1, 0.15) is 0 Å². The van der Waals surface area contributed by atoms with Gasteiger partial charge in [-0.25, -0.2) is 0 Å². The van der Waals surface area contributed by atoms with E-state index in [-0.39, 0.29) is 22.8 Å². The zero-order chi connectivity index (χ0) is 11.7. The Hall–Kier alpha value is 0.216. The van der Waals surface area contributed by atoms with E-state index in [0.29, 0.717) is 0 Å². The Bertz CT molecular complexity index is 194. The first-order valence-corrected chi connectivity index (χ1v) is 4.52. The maximum atomic E-state index is 12.4. The summed E-state index contributed by atoms with van der Waals surface area (Å²) in [6, 6.07) is -1.01. The number of hydrogen-bond acceptors (Lipinski definition) is 2. The van der Waals surface area contributed by atoms with Crippen molar-refractivity contribution in [3.05, 3.63) is 0 Å². The van der Waals surface area contributed by atoms with Crippen LogP contribution in [-0.4, -0.2) is 40.9 Å². The van der Waals surface area contributed by atoms with Crippen molar-refractivity contribution in [2.24, 2.45) is 0 Å². The Kier molecular flexibility index (Phi) is 6.48. The Balaban J connectivity index is 0. The molecule has 2 atom stereocenters. The van der Waals surface area contributed by atoms with Gasteiger partial charge in [0.25, 0.3) is 0 Å². The van der Waals surface area contributed by atoms with Crippen LogP contribution in [0.15, 0.2) is 0 Å². The Morgan fingerprint density at radius 3 is 1.67 bits per heavy atom. The Labute approximate surface area is 99.0 Å². The van der Waals surface area contributed by atoms with Gasteiger partial charge in [-0.3, -0.25) is 4.90 Å². The Morgan fingerprint density at radius 1 is 1.13 bits per heavy atom. The van der Waals surface area contributed by atoms with Crippen LogP contribution in [0.1, 0.15) is 27.7 Å². The van der Waals surface area contributed by atoms with E-state index >= 15 is 0 Å². The standard InChI is InChI=1S/C9H18F3NO.Co/c1-6(2)13(5)7(3)8(4,14)9(10,11)12;/h6-7,14H,1-5H3;. The number of halogens is 3. The van der Waals surface area contributed by atoms with Gasteiger partial charge in [-0.2, -0.15) is 13.2 Å². The third kappa shape index (κ3) is 3.94. The zero-order valence-electron chi connectivity index (χ0n) is 9.52. The molecule has 2 nitrogen and oxygen atoms in total. The van der Waals surface area contributed by atoms with Gasteiger partial charge >= 0.3 is 6.18 Å². The van der Waals surface area contributed by atoms with Crippen LogP contribution in [0.2, 0.25) is 0 Å². The van der Waals surface area contributed by atoms with Crippen molar-refractivity contribution in [1.29, 1.82) is 0 Å². The van der Waals surface area contributed by atoms with Crippen LogP contribution in [0.5, 0.6) is 0 Å². The largest absolute Gasteiger partial charge is 0.418 e. The summed E-state index contributed by atoms with van der Waals surface area (Å²) >= 11 is 0. The van der Waals surface area contributed by atoms with E-state index in [9.17, 15) is 18.3 Å². The van der Waals surface area contributed by atoms with Crippen molar-refractivity contribution >= 4 is 0 Å². The van der Waals surface area contributed by atoms with Gasteiger partial charge in [-0.1, -0.05) is 0 Å². The smallest absolute Gasteiger partial charge is 0.379 e. The number of aliphatic hydroxyl groups is 1. The molecule has 95 valence electrons. The summed E-state index contributed by atoms with van der Waals surface area (Å²) in [5, 5.41) is 9.37. The maximum absolute atomic E-state index is 12.4. The molecule has 0 fully saturated rings. The summed E-state index contributed by atoms with van der Waals surface area (Å²) in [6.45, 7) is 5.73. The maximum Gasteiger partial charge on any atom is 0.418 e. The van der Waals surface area contributed by atoms with Crippen LogP contribution in [0.4, 0.5) is 13.2 Å². The quantitative estimate of drug-likeness (QED) is 0.849. The number of hydrogen-bond donors (Lipinski definition) is 1. The summed E-state index contributed by atoms with van der Waals surface area (Å²) in [5.74, 6) is 0. The molecule has 0 heterocycles. The van der Waals surface area contributed by atoms with Gasteiger partial charge in [0.15, 0.2) is 5.60 Å². The molecule has 0 saturated carbocycles. The third-order valence-corrected chi connectivity index (χ3v) is 2.81. The molecule has 0 aromatic rings. The van der Waals surface area contributed by atoms with Crippen molar-refractivity contribution in [1.82, 2.24) is 4.90 Å². The summed E-state index contributed by atoms with van der Waals surface area (Å²) in [5.41, 5.74) is -2.67. The van der Waals surface area contributed by atoms with Crippen LogP contribution >= 0.6 is 0 Å². The topological polar surface area (TPSA) is 23.5 Å². The fraction of sp³-hybridized carbons (Fsp3) is 1.00. The van der Waals surface area contributed by atoms with Gasteiger partial charge in [0.2, 0.25) is 0 Å². The second kappa shape index (κ2) is 5.52. The molecule has 15 heavy (non-hydrogen) atoms. The van der Waals surface area contributed by atoms with Crippen LogP contribution < -0.4 is 0 Å². The predicted octanol–water partition coefficient (Wildman–Crippen LogP) is 2.03. The first kappa shape index (κ1) is 17.6. The van der Waals surface area contributed by atoms with Crippen LogP contribution in [0, 0.1) is 0 Å². The van der Waals surface area contributed by atoms with Gasteiger partial charge < -0.3 is 5.11 Å². The van der Waals surface area contributed by atoms with E-state index in [4.69, 9.17) is 0 Å². The van der Waals surface area contributed by atoms with Crippen LogP contribution in [0.3, 0.4) is 0 Å². The molecule has 0 saturated heterocycles.